The second-order valence-corrected chi connectivity index (χ2v) is 6.65. The van der Waals surface area contributed by atoms with Gasteiger partial charge in [-0.05, 0) is 52.2 Å². The summed E-state index contributed by atoms with van der Waals surface area (Å²) in [5, 5.41) is 11.0. The van der Waals surface area contributed by atoms with E-state index in [1.807, 2.05) is 36.5 Å². The van der Waals surface area contributed by atoms with Crippen molar-refractivity contribution in [2.24, 2.45) is 5.73 Å². The molecule has 0 heterocycles. The quantitative estimate of drug-likeness (QED) is 0.523. The molecule has 0 saturated heterocycles. The van der Waals surface area contributed by atoms with Crippen molar-refractivity contribution in [2.75, 3.05) is 7.11 Å². The predicted molar refractivity (Wildman–Crippen MR) is 108 cm³/mol. The molecule has 28 heavy (non-hydrogen) atoms. The first-order valence-corrected chi connectivity index (χ1v) is 8.91. The summed E-state index contributed by atoms with van der Waals surface area (Å²) in [5.41, 5.74) is 7.29. The number of amides is 3. The number of benzene rings is 2. The molecule has 0 atom stereocenters. The van der Waals surface area contributed by atoms with Gasteiger partial charge in [-0.15, -0.1) is 0 Å². The van der Waals surface area contributed by atoms with Crippen LogP contribution in [0.5, 0.6) is 11.5 Å². The highest BCUT2D eigenvalue weighted by Crippen LogP contribution is 2.37. The number of aryl methyl sites for hydroxylation is 1. The van der Waals surface area contributed by atoms with Crippen molar-refractivity contribution >= 4 is 33.9 Å². The van der Waals surface area contributed by atoms with Crippen LogP contribution in [0.1, 0.15) is 16.7 Å². The molecule has 0 spiro atoms. The lowest BCUT2D eigenvalue weighted by atomic mass is 10.1. The van der Waals surface area contributed by atoms with Crippen LogP contribution in [0.3, 0.4) is 0 Å². The molecule has 0 aliphatic heterocycles. The maximum Gasteiger partial charge on any atom is 0.319 e. The number of carbonyl (C=O) groups is 2. The van der Waals surface area contributed by atoms with Gasteiger partial charge in [-0.3, -0.25) is 10.1 Å². The zero-order valence-corrected chi connectivity index (χ0v) is 16.9. The monoisotopic (exact) mass is 443 g/mol. The van der Waals surface area contributed by atoms with Crippen molar-refractivity contribution in [1.82, 2.24) is 5.32 Å². The van der Waals surface area contributed by atoms with Crippen molar-refractivity contribution in [3.05, 3.63) is 63.1 Å². The van der Waals surface area contributed by atoms with E-state index in [9.17, 15) is 9.59 Å². The lowest BCUT2D eigenvalue weighted by Crippen LogP contribution is -2.35. The molecule has 0 aliphatic rings. The minimum Gasteiger partial charge on any atom is -0.493 e. The first kappa shape index (κ1) is 21.0. The molecule has 3 amide bonds. The van der Waals surface area contributed by atoms with Gasteiger partial charge in [0.05, 0.1) is 11.6 Å². The van der Waals surface area contributed by atoms with Gasteiger partial charge in [0.2, 0.25) is 0 Å². The van der Waals surface area contributed by atoms with E-state index in [4.69, 9.17) is 20.5 Å². The van der Waals surface area contributed by atoms with Gasteiger partial charge in [-0.2, -0.15) is 5.26 Å². The Morgan fingerprint density at radius 1 is 1.29 bits per heavy atom. The van der Waals surface area contributed by atoms with Crippen LogP contribution in [0, 0.1) is 18.3 Å². The molecule has 0 unspecified atom stereocenters. The average Bonchev–Trinajstić information content (AvgIpc) is 2.65. The summed E-state index contributed by atoms with van der Waals surface area (Å²) in [4.78, 5) is 22.6. The molecule has 0 saturated carbocycles. The van der Waals surface area contributed by atoms with E-state index in [2.05, 4.69) is 15.9 Å². The maximum atomic E-state index is 11.8. The summed E-state index contributed by atoms with van der Waals surface area (Å²) in [7, 11) is 1.49. The van der Waals surface area contributed by atoms with Crippen LogP contribution in [0.15, 0.2) is 46.4 Å². The smallest absolute Gasteiger partial charge is 0.319 e. The molecule has 0 aromatic heterocycles. The second kappa shape index (κ2) is 9.58. The van der Waals surface area contributed by atoms with Gasteiger partial charge in [0.1, 0.15) is 18.2 Å². The molecular weight excluding hydrogens is 426 g/mol. The lowest BCUT2D eigenvalue weighted by molar-refractivity contribution is -0.115. The molecule has 0 fully saturated rings. The third kappa shape index (κ3) is 5.59. The normalized spacial score (nSPS) is 10.7. The fourth-order valence-corrected chi connectivity index (χ4v) is 2.87. The average molecular weight is 444 g/mol. The number of hydrogen-bond acceptors (Lipinski definition) is 5. The van der Waals surface area contributed by atoms with Crippen LogP contribution in [0.2, 0.25) is 0 Å². The Bertz CT molecular complexity index is 963. The number of halogens is 1. The minimum absolute atomic E-state index is 0.277. The molecule has 2 rings (SSSR count). The predicted octanol–water partition coefficient (Wildman–Crippen LogP) is 3.45. The zero-order chi connectivity index (χ0) is 20.7. The van der Waals surface area contributed by atoms with Gasteiger partial charge >= 0.3 is 6.03 Å². The lowest BCUT2D eigenvalue weighted by Gasteiger charge is -2.14. The highest BCUT2D eigenvalue weighted by Gasteiger charge is 2.15. The van der Waals surface area contributed by atoms with Gasteiger partial charge in [0.15, 0.2) is 11.5 Å². The van der Waals surface area contributed by atoms with E-state index in [0.717, 1.165) is 11.1 Å². The molecular formula is C20H18BrN3O4. The zero-order valence-electron chi connectivity index (χ0n) is 15.3. The Labute approximate surface area is 170 Å². The van der Waals surface area contributed by atoms with Crippen molar-refractivity contribution < 1.29 is 19.1 Å². The number of ether oxygens (including phenoxy) is 2. The first-order chi connectivity index (χ1) is 13.3. The summed E-state index contributed by atoms with van der Waals surface area (Å²) in [6.45, 7) is 2.35. The Balaban J connectivity index is 2.28. The Hall–Kier alpha value is -3.31. The van der Waals surface area contributed by atoms with E-state index < -0.39 is 11.9 Å². The van der Waals surface area contributed by atoms with Crippen molar-refractivity contribution in [1.29, 1.82) is 5.26 Å². The number of primary amides is 1. The highest BCUT2D eigenvalue weighted by molar-refractivity contribution is 9.10. The molecule has 144 valence electrons. The summed E-state index contributed by atoms with van der Waals surface area (Å²) in [6, 6.07) is 11.9. The minimum atomic E-state index is -1.04. The van der Waals surface area contributed by atoms with Crippen molar-refractivity contribution in [3.63, 3.8) is 0 Å². The third-order valence-electron chi connectivity index (χ3n) is 3.67. The largest absolute Gasteiger partial charge is 0.493 e. The summed E-state index contributed by atoms with van der Waals surface area (Å²) in [5.74, 6) is 0.0189. The first-order valence-electron chi connectivity index (χ1n) is 8.12. The number of nitrogens with two attached hydrogens (primary N) is 1. The van der Waals surface area contributed by atoms with E-state index in [1.165, 1.54) is 13.2 Å². The Morgan fingerprint density at radius 3 is 2.54 bits per heavy atom. The molecule has 3 N–H and O–H groups in total. The highest BCUT2D eigenvalue weighted by atomic mass is 79.9. The number of nitriles is 1. The van der Waals surface area contributed by atoms with Gasteiger partial charge in [0.25, 0.3) is 5.91 Å². The number of hydrogen-bond donors (Lipinski definition) is 2. The van der Waals surface area contributed by atoms with Crippen molar-refractivity contribution in [2.45, 2.75) is 13.5 Å². The number of carbonyl (C=O) groups excluding carboxylic acids is 2. The van der Waals surface area contributed by atoms with Gasteiger partial charge in [-0.1, -0.05) is 29.8 Å². The van der Waals surface area contributed by atoms with Crippen LogP contribution in [0.4, 0.5) is 4.79 Å². The Morgan fingerprint density at radius 2 is 1.96 bits per heavy atom. The third-order valence-corrected chi connectivity index (χ3v) is 4.26. The van der Waals surface area contributed by atoms with E-state index in [1.54, 1.807) is 18.2 Å². The molecule has 2 aromatic carbocycles. The van der Waals surface area contributed by atoms with Gasteiger partial charge < -0.3 is 15.2 Å². The SMILES string of the molecule is COc1cc(/C=C(/C#N)C(=O)NC(N)=O)cc(Br)c1OCc1ccc(C)cc1. The molecule has 8 heteroatoms. The molecule has 0 aliphatic carbocycles. The van der Waals surface area contributed by atoms with Gasteiger partial charge in [0, 0.05) is 0 Å². The topological polar surface area (TPSA) is 114 Å². The van der Waals surface area contributed by atoms with Crippen molar-refractivity contribution in [3.8, 4) is 17.6 Å². The summed E-state index contributed by atoms with van der Waals surface area (Å²) >= 11 is 3.42. The molecule has 2 aromatic rings. The van der Waals surface area contributed by atoms with Crippen LogP contribution in [0.25, 0.3) is 6.08 Å². The number of nitrogens with zero attached hydrogens (tertiary/aromatic N) is 1. The number of urea groups is 1. The standard InChI is InChI=1S/C20H18BrN3O4/c1-12-3-5-13(6-4-12)11-28-18-16(21)8-14(9-17(18)27-2)7-15(10-22)19(25)24-20(23)26/h3-9H,11H2,1-2H3,(H3,23,24,25,26)/b15-7-. The number of rotatable bonds is 6. The van der Waals surface area contributed by atoms with E-state index >= 15 is 0 Å². The summed E-state index contributed by atoms with van der Waals surface area (Å²) in [6.07, 6.45) is 1.31. The van der Waals surface area contributed by atoms with Crippen LogP contribution in [-0.2, 0) is 11.4 Å². The molecule has 7 nitrogen and oxygen atoms in total. The number of nitrogens with one attached hydrogen (secondary N) is 1. The summed E-state index contributed by atoms with van der Waals surface area (Å²) < 4.78 is 11.8. The van der Waals surface area contributed by atoms with E-state index in [-0.39, 0.29) is 5.57 Å². The maximum absolute atomic E-state index is 11.8. The second-order valence-electron chi connectivity index (χ2n) is 5.80. The van der Waals surface area contributed by atoms with Gasteiger partial charge in [-0.25, -0.2) is 4.79 Å². The fraction of sp³-hybridized carbons (Fsp3) is 0.150. The number of methoxy groups -OCH3 is 1. The Kier molecular flexibility index (Phi) is 7.18. The van der Waals surface area contributed by atoms with Crippen LogP contribution >= 0.6 is 15.9 Å². The number of imide groups is 1. The fourth-order valence-electron chi connectivity index (χ4n) is 2.30. The molecule has 0 radical (unpaired) electrons. The van der Waals surface area contributed by atoms with Crippen LogP contribution in [-0.4, -0.2) is 19.0 Å². The van der Waals surface area contributed by atoms with E-state index in [0.29, 0.717) is 28.1 Å². The molecule has 0 bridgehead atoms. The van der Waals surface area contributed by atoms with Crippen LogP contribution < -0.4 is 20.5 Å².